The number of anilines is 1. The number of nitrogens with zero attached hydrogens (tertiary/aromatic N) is 2. The molecule has 1 heterocycles. The van der Waals surface area contributed by atoms with Gasteiger partial charge in [-0.2, -0.15) is 0 Å². The molecule has 0 radical (unpaired) electrons. The van der Waals surface area contributed by atoms with E-state index in [9.17, 15) is 8.42 Å². The maximum Gasteiger partial charge on any atom is 0.240 e. The molecule has 2 fully saturated rings. The van der Waals surface area contributed by atoms with Gasteiger partial charge in [0.05, 0.1) is 4.90 Å². The van der Waals surface area contributed by atoms with Crippen LogP contribution in [0.25, 0.3) is 0 Å². The van der Waals surface area contributed by atoms with Gasteiger partial charge in [0, 0.05) is 38.4 Å². The van der Waals surface area contributed by atoms with Crippen molar-refractivity contribution in [2.24, 2.45) is 5.92 Å². The van der Waals surface area contributed by atoms with Crippen LogP contribution in [-0.2, 0) is 16.6 Å². The van der Waals surface area contributed by atoms with Crippen molar-refractivity contribution in [2.75, 3.05) is 31.1 Å². The van der Waals surface area contributed by atoms with E-state index in [0.29, 0.717) is 17.4 Å². The second kappa shape index (κ2) is 9.22. The molecule has 1 aliphatic carbocycles. The molecule has 1 N–H and O–H groups in total. The highest BCUT2D eigenvalue weighted by Crippen LogP contribution is 2.28. The maximum absolute atomic E-state index is 12.5. The van der Waals surface area contributed by atoms with Gasteiger partial charge in [-0.15, -0.1) is 5.92 Å². The van der Waals surface area contributed by atoms with Crippen molar-refractivity contribution in [1.82, 2.24) is 9.62 Å². The van der Waals surface area contributed by atoms with Crippen LogP contribution in [0.5, 0.6) is 0 Å². The summed E-state index contributed by atoms with van der Waals surface area (Å²) in [6.07, 6.45) is 2.25. The first-order valence-electron chi connectivity index (χ1n) is 10.6. The molecule has 1 saturated carbocycles. The van der Waals surface area contributed by atoms with E-state index in [1.165, 1.54) is 5.56 Å². The lowest BCUT2D eigenvalue weighted by Crippen LogP contribution is -2.52. The highest BCUT2D eigenvalue weighted by Gasteiger charge is 2.27. The van der Waals surface area contributed by atoms with Gasteiger partial charge in [0.1, 0.15) is 6.04 Å². The highest BCUT2D eigenvalue weighted by molar-refractivity contribution is 7.89. The number of piperazine rings is 1. The van der Waals surface area contributed by atoms with E-state index in [1.807, 2.05) is 25.1 Å². The molecule has 1 saturated heterocycles. The first-order chi connectivity index (χ1) is 14.5. The van der Waals surface area contributed by atoms with E-state index in [4.69, 9.17) is 0 Å². The van der Waals surface area contributed by atoms with Crippen molar-refractivity contribution in [3.05, 3.63) is 60.2 Å². The minimum absolute atomic E-state index is 0.0860. The van der Waals surface area contributed by atoms with Crippen molar-refractivity contribution in [1.29, 1.82) is 0 Å². The van der Waals surface area contributed by atoms with Crippen LogP contribution in [0.1, 0.15) is 25.3 Å². The Bertz CT molecular complexity index is 1010. The number of rotatable bonds is 7. The summed E-state index contributed by atoms with van der Waals surface area (Å²) in [6.45, 7) is 5.99. The van der Waals surface area contributed by atoms with Gasteiger partial charge in [0.2, 0.25) is 10.0 Å². The molecular weight excluding hydrogens is 394 g/mol. The van der Waals surface area contributed by atoms with Gasteiger partial charge in [-0.05, 0) is 55.5 Å². The number of sulfonamides is 1. The summed E-state index contributed by atoms with van der Waals surface area (Å²) >= 11 is 0. The Hall–Kier alpha value is -2.33. The molecule has 158 valence electrons. The molecule has 0 bridgehead atoms. The Kier molecular flexibility index (Phi) is 6.43. The molecular formula is C24H29N3O2S. The molecule has 4 rings (SSSR count). The van der Waals surface area contributed by atoms with Crippen molar-refractivity contribution in [3.63, 3.8) is 0 Å². The zero-order valence-corrected chi connectivity index (χ0v) is 18.2. The van der Waals surface area contributed by atoms with Gasteiger partial charge in [-0.25, -0.2) is 13.1 Å². The van der Waals surface area contributed by atoms with Gasteiger partial charge >= 0.3 is 0 Å². The third kappa shape index (κ3) is 5.23. The molecule has 2 aromatic rings. The number of nitrogens with one attached hydrogen (secondary N) is 1. The largest absolute Gasteiger partial charge is 0.355 e. The number of hydrogen-bond donors (Lipinski definition) is 1. The number of benzene rings is 2. The van der Waals surface area contributed by atoms with E-state index in [-0.39, 0.29) is 6.04 Å². The van der Waals surface area contributed by atoms with Crippen molar-refractivity contribution in [2.45, 2.75) is 37.2 Å². The molecule has 0 amide bonds. The first-order valence-corrected chi connectivity index (χ1v) is 12.1. The lowest BCUT2D eigenvalue weighted by Gasteiger charge is -2.40. The molecule has 0 aromatic heterocycles. The molecule has 0 unspecified atom stereocenters. The van der Waals surface area contributed by atoms with Crippen LogP contribution in [0.15, 0.2) is 59.5 Å². The molecule has 1 atom stereocenters. The highest BCUT2D eigenvalue weighted by atomic mass is 32.2. The normalized spacial score (nSPS) is 19.9. The van der Waals surface area contributed by atoms with Crippen molar-refractivity contribution >= 4 is 15.7 Å². The fraction of sp³-hybridized carbons (Fsp3) is 0.417. The van der Waals surface area contributed by atoms with Crippen LogP contribution in [0.3, 0.4) is 0 Å². The summed E-state index contributed by atoms with van der Waals surface area (Å²) in [6, 6.07) is 17.8. The average Bonchev–Trinajstić information content (AvgIpc) is 3.59. The monoisotopic (exact) mass is 423 g/mol. The van der Waals surface area contributed by atoms with Crippen molar-refractivity contribution < 1.29 is 8.42 Å². The van der Waals surface area contributed by atoms with Crippen LogP contribution < -0.4 is 9.62 Å². The molecule has 0 spiro atoms. The van der Waals surface area contributed by atoms with Crippen LogP contribution in [0.4, 0.5) is 5.69 Å². The van der Waals surface area contributed by atoms with Crippen LogP contribution in [0.2, 0.25) is 0 Å². The Balaban J connectivity index is 1.43. The van der Waals surface area contributed by atoms with Crippen LogP contribution in [0, 0.1) is 17.8 Å². The topological polar surface area (TPSA) is 52.7 Å². The van der Waals surface area contributed by atoms with E-state index in [2.05, 4.69) is 50.6 Å². The Morgan fingerprint density at radius 3 is 2.43 bits per heavy atom. The SMILES string of the molecule is CC#C[C@H]1CN(Cc2ccccc2)CCN1c1ccc(S(=O)(=O)NCC2CC2)cc1. The Labute approximate surface area is 180 Å². The molecule has 5 nitrogen and oxygen atoms in total. The lowest BCUT2D eigenvalue weighted by molar-refractivity contribution is 0.232. The summed E-state index contributed by atoms with van der Waals surface area (Å²) in [5.41, 5.74) is 2.32. The fourth-order valence-electron chi connectivity index (χ4n) is 3.87. The second-order valence-corrected chi connectivity index (χ2v) is 9.88. The average molecular weight is 424 g/mol. The predicted molar refractivity (Wildman–Crippen MR) is 121 cm³/mol. The minimum atomic E-state index is -3.43. The Morgan fingerprint density at radius 2 is 1.77 bits per heavy atom. The lowest BCUT2D eigenvalue weighted by atomic mass is 10.1. The smallest absolute Gasteiger partial charge is 0.240 e. The third-order valence-electron chi connectivity index (χ3n) is 5.76. The second-order valence-electron chi connectivity index (χ2n) is 8.11. The molecule has 1 aliphatic heterocycles. The van der Waals surface area contributed by atoms with Gasteiger partial charge in [0.15, 0.2) is 0 Å². The summed E-state index contributed by atoms with van der Waals surface area (Å²) in [5, 5.41) is 0. The quantitative estimate of drug-likeness (QED) is 0.696. The van der Waals surface area contributed by atoms with Gasteiger partial charge < -0.3 is 4.90 Å². The summed E-state index contributed by atoms with van der Waals surface area (Å²) in [4.78, 5) is 5.04. The summed E-state index contributed by atoms with van der Waals surface area (Å²) in [7, 11) is -3.43. The van der Waals surface area contributed by atoms with Gasteiger partial charge in [0.25, 0.3) is 0 Å². The summed E-state index contributed by atoms with van der Waals surface area (Å²) < 4.78 is 27.7. The minimum Gasteiger partial charge on any atom is -0.355 e. The predicted octanol–water partition coefficient (Wildman–Crippen LogP) is 3.09. The summed E-state index contributed by atoms with van der Waals surface area (Å²) in [5.74, 6) is 6.92. The van der Waals surface area contributed by atoms with Gasteiger partial charge in [-0.1, -0.05) is 36.3 Å². The number of hydrogen-bond acceptors (Lipinski definition) is 4. The Morgan fingerprint density at radius 1 is 1.03 bits per heavy atom. The van der Waals surface area contributed by atoms with Crippen LogP contribution >= 0.6 is 0 Å². The van der Waals surface area contributed by atoms with Crippen molar-refractivity contribution in [3.8, 4) is 11.8 Å². The van der Waals surface area contributed by atoms with E-state index in [1.54, 1.807) is 12.1 Å². The molecule has 6 heteroatoms. The third-order valence-corrected chi connectivity index (χ3v) is 7.20. The zero-order valence-electron chi connectivity index (χ0n) is 17.4. The zero-order chi connectivity index (χ0) is 21.0. The van der Waals surface area contributed by atoms with E-state index in [0.717, 1.165) is 44.7 Å². The molecule has 2 aliphatic rings. The first kappa shape index (κ1) is 20.9. The van der Waals surface area contributed by atoms with Gasteiger partial charge in [-0.3, -0.25) is 4.90 Å². The van der Waals surface area contributed by atoms with Crippen LogP contribution in [-0.4, -0.2) is 45.5 Å². The molecule has 30 heavy (non-hydrogen) atoms. The fourth-order valence-corrected chi connectivity index (χ4v) is 4.99. The molecule has 2 aromatic carbocycles. The standard InChI is InChI=1S/C24H29N3O2S/c1-2-6-23-19-26(18-21-7-4-3-5-8-21)15-16-27(23)22-11-13-24(14-12-22)30(28,29)25-17-20-9-10-20/h3-5,7-8,11-14,20,23,25H,9-10,15-19H2,1H3/t23-/m0/s1. The van der Waals surface area contributed by atoms with E-state index >= 15 is 0 Å². The van der Waals surface area contributed by atoms with E-state index < -0.39 is 10.0 Å². The maximum atomic E-state index is 12.5.